The Kier molecular flexibility index (Phi) is 4.97. The number of allylic oxidation sites excluding steroid dienone is 1. The summed E-state index contributed by atoms with van der Waals surface area (Å²) in [6.45, 7) is 4.38. The van der Waals surface area contributed by atoms with Gasteiger partial charge in [0.1, 0.15) is 5.75 Å². The van der Waals surface area contributed by atoms with Gasteiger partial charge >= 0.3 is 0 Å². The predicted octanol–water partition coefficient (Wildman–Crippen LogP) is 4.40. The van der Waals surface area contributed by atoms with Crippen molar-refractivity contribution in [2.45, 2.75) is 6.54 Å². The van der Waals surface area contributed by atoms with Gasteiger partial charge in [-0.05, 0) is 36.4 Å². The number of aromatic nitrogens is 1. The molecule has 0 radical (unpaired) electrons. The molecule has 0 saturated carbocycles. The highest BCUT2D eigenvalue weighted by Gasteiger charge is 2.09. The molecule has 1 aromatic heterocycles. The third-order valence-corrected chi connectivity index (χ3v) is 5.00. The summed E-state index contributed by atoms with van der Waals surface area (Å²) in [7, 11) is 1.57. The minimum Gasteiger partial charge on any atom is -0.497 e. The first-order valence-corrected chi connectivity index (χ1v) is 8.86. The molecule has 0 bridgehead atoms. The number of methoxy groups -OCH3 is 1. The first-order chi connectivity index (χ1) is 11.6. The standard InChI is InChI=1S/C18H15BrN2O2S/c1-3-9-21-15-8-7-13(19)11-16(15)24-18(21)20-17(22)12-5-4-6-14(10-12)23-2/h3-8,10-11H,1,9H2,2H3. The first-order valence-electron chi connectivity index (χ1n) is 7.25. The normalized spacial score (nSPS) is 11.7. The first kappa shape index (κ1) is 16.7. The fraction of sp³-hybridized carbons (Fsp3) is 0.111. The van der Waals surface area contributed by atoms with E-state index in [1.165, 1.54) is 11.3 Å². The average Bonchev–Trinajstić information content (AvgIpc) is 2.91. The molecule has 1 amide bonds. The van der Waals surface area contributed by atoms with Gasteiger partial charge in [-0.1, -0.05) is 39.4 Å². The third kappa shape index (κ3) is 3.34. The van der Waals surface area contributed by atoms with E-state index in [9.17, 15) is 4.79 Å². The van der Waals surface area contributed by atoms with E-state index in [1.54, 1.807) is 37.5 Å². The summed E-state index contributed by atoms with van der Waals surface area (Å²) < 4.78 is 9.20. The van der Waals surface area contributed by atoms with E-state index in [0.717, 1.165) is 14.7 Å². The molecule has 0 fully saturated rings. The van der Waals surface area contributed by atoms with E-state index in [2.05, 4.69) is 27.5 Å². The van der Waals surface area contributed by atoms with Crippen LogP contribution in [0.5, 0.6) is 5.75 Å². The number of hydrogen-bond acceptors (Lipinski definition) is 3. The van der Waals surface area contributed by atoms with Gasteiger partial charge in [-0.15, -0.1) is 6.58 Å². The van der Waals surface area contributed by atoms with Crippen molar-refractivity contribution in [2.24, 2.45) is 4.99 Å². The summed E-state index contributed by atoms with van der Waals surface area (Å²) in [5, 5.41) is 0. The number of thiazole rings is 1. The maximum atomic E-state index is 12.5. The minimum absolute atomic E-state index is 0.294. The fourth-order valence-corrected chi connectivity index (χ4v) is 3.94. The van der Waals surface area contributed by atoms with Crippen LogP contribution in [0.25, 0.3) is 10.2 Å². The number of benzene rings is 2. The molecule has 3 aromatic rings. The Morgan fingerprint density at radius 1 is 1.38 bits per heavy atom. The van der Waals surface area contributed by atoms with Gasteiger partial charge in [0, 0.05) is 16.6 Å². The lowest BCUT2D eigenvalue weighted by atomic mass is 10.2. The maximum absolute atomic E-state index is 12.5. The van der Waals surface area contributed by atoms with Crippen molar-refractivity contribution in [1.29, 1.82) is 0 Å². The summed E-state index contributed by atoms with van der Waals surface area (Å²) in [5.74, 6) is 0.340. The average molecular weight is 403 g/mol. The molecule has 0 N–H and O–H groups in total. The monoisotopic (exact) mass is 402 g/mol. The van der Waals surface area contributed by atoms with Gasteiger partial charge in [-0.25, -0.2) is 0 Å². The summed E-state index contributed by atoms with van der Waals surface area (Å²) >= 11 is 4.95. The third-order valence-electron chi connectivity index (χ3n) is 3.47. The Labute approximate surface area is 151 Å². The van der Waals surface area contributed by atoms with E-state index < -0.39 is 0 Å². The Hall–Kier alpha value is -2.18. The van der Waals surface area contributed by atoms with Gasteiger partial charge in [0.2, 0.25) is 0 Å². The summed E-state index contributed by atoms with van der Waals surface area (Å²) in [6, 6.07) is 13.0. The number of nitrogens with zero attached hydrogens (tertiary/aromatic N) is 2. The van der Waals surface area contributed by atoms with Crippen molar-refractivity contribution in [3.8, 4) is 5.75 Å². The van der Waals surface area contributed by atoms with Crippen molar-refractivity contribution >= 4 is 43.4 Å². The Bertz CT molecular complexity index is 988. The van der Waals surface area contributed by atoms with Gasteiger partial charge in [-0.2, -0.15) is 4.99 Å². The van der Waals surface area contributed by atoms with Gasteiger partial charge in [0.05, 0.1) is 17.3 Å². The van der Waals surface area contributed by atoms with Gasteiger partial charge in [0.15, 0.2) is 4.80 Å². The molecule has 0 atom stereocenters. The van der Waals surface area contributed by atoms with Crippen molar-refractivity contribution in [3.05, 3.63) is 70.0 Å². The Morgan fingerprint density at radius 3 is 2.96 bits per heavy atom. The second-order valence-corrected chi connectivity index (χ2v) is 6.97. The number of ether oxygens (including phenoxy) is 1. The number of amides is 1. The highest BCUT2D eigenvalue weighted by Crippen LogP contribution is 2.22. The molecule has 4 nitrogen and oxygen atoms in total. The molecule has 1 heterocycles. The largest absolute Gasteiger partial charge is 0.497 e. The van der Waals surface area contributed by atoms with Gasteiger partial charge < -0.3 is 9.30 Å². The molecule has 6 heteroatoms. The second kappa shape index (κ2) is 7.15. The molecule has 3 rings (SSSR count). The summed E-state index contributed by atoms with van der Waals surface area (Å²) in [6.07, 6.45) is 1.79. The predicted molar refractivity (Wildman–Crippen MR) is 101 cm³/mol. The van der Waals surface area contributed by atoms with Crippen molar-refractivity contribution in [2.75, 3.05) is 7.11 Å². The molecule has 24 heavy (non-hydrogen) atoms. The molecule has 0 aliphatic heterocycles. The van der Waals surface area contributed by atoms with E-state index in [4.69, 9.17) is 4.74 Å². The van der Waals surface area contributed by atoms with Crippen molar-refractivity contribution in [1.82, 2.24) is 4.57 Å². The van der Waals surface area contributed by atoms with Crippen LogP contribution in [-0.2, 0) is 6.54 Å². The summed E-state index contributed by atoms with van der Waals surface area (Å²) in [5.41, 5.74) is 1.53. The van der Waals surface area contributed by atoms with E-state index >= 15 is 0 Å². The van der Waals surface area contributed by atoms with Gasteiger partial charge in [0.25, 0.3) is 5.91 Å². The lowest BCUT2D eigenvalue weighted by Crippen LogP contribution is -2.16. The molecule has 0 unspecified atom stereocenters. The quantitative estimate of drug-likeness (QED) is 0.606. The lowest BCUT2D eigenvalue weighted by Gasteiger charge is -2.02. The van der Waals surface area contributed by atoms with Crippen LogP contribution in [0.3, 0.4) is 0 Å². The smallest absolute Gasteiger partial charge is 0.279 e. The molecular formula is C18H15BrN2O2S. The SMILES string of the molecule is C=CCn1c(=NC(=O)c2cccc(OC)c2)sc2cc(Br)ccc21. The Balaban J connectivity index is 2.12. The molecular weight excluding hydrogens is 388 g/mol. The molecule has 0 aliphatic rings. The molecule has 0 spiro atoms. The van der Waals surface area contributed by atoms with Crippen molar-refractivity contribution < 1.29 is 9.53 Å². The van der Waals surface area contributed by atoms with E-state index in [1.807, 2.05) is 22.8 Å². The molecule has 2 aromatic carbocycles. The van der Waals surface area contributed by atoms with Crippen LogP contribution in [0, 0.1) is 0 Å². The number of carbonyl (C=O) groups is 1. The van der Waals surface area contributed by atoms with Gasteiger partial charge in [-0.3, -0.25) is 4.79 Å². The lowest BCUT2D eigenvalue weighted by molar-refractivity contribution is 0.0997. The molecule has 122 valence electrons. The molecule has 0 aliphatic carbocycles. The summed E-state index contributed by atoms with van der Waals surface area (Å²) in [4.78, 5) is 17.5. The van der Waals surface area contributed by atoms with Crippen LogP contribution in [0.2, 0.25) is 0 Å². The van der Waals surface area contributed by atoms with Crippen LogP contribution < -0.4 is 9.54 Å². The van der Waals surface area contributed by atoms with E-state index in [-0.39, 0.29) is 5.91 Å². The number of rotatable bonds is 4. The topological polar surface area (TPSA) is 43.6 Å². The van der Waals surface area contributed by atoms with E-state index in [0.29, 0.717) is 22.7 Å². The van der Waals surface area contributed by atoms with Crippen LogP contribution in [0.1, 0.15) is 10.4 Å². The minimum atomic E-state index is -0.294. The fourth-order valence-electron chi connectivity index (χ4n) is 2.35. The number of carbonyl (C=O) groups excluding carboxylic acids is 1. The zero-order chi connectivity index (χ0) is 17.1. The molecule has 0 saturated heterocycles. The number of halogens is 1. The second-order valence-electron chi connectivity index (χ2n) is 5.04. The van der Waals surface area contributed by atoms with Crippen LogP contribution in [0.15, 0.2) is 64.6 Å². The number of hydrogen-bond donors (Lipinski definition) is 0. The van der Waals surface area contributed by atoms with Crippen molar-refractivity contribution in [3.63, 3.8) is 0 Å². The number of fused-ring (bicyclic) bond motifs is 1. The van der Waals surface area contributed by atoms with Crippen LogP contribution >= 0.6 is 27.3 Å². The van der Waals surface area contributed by atoms with Crippen LogP contribution in [0.4, 0.5) is 0 Å². The Morgan fingerprint density at radius 2 is 2.21 bits per heavy atom. The zero-order valence-electron chi connectivity index (χ0n) is 13.0. The maximum Gasteiger partial charge on any atom is 0.279 e. The highest BCUT2D eigenvalue weighted by molar-refractivity contribution is 9.10. The highest BCUT2D eigenvalue weighted by atomic mass is 79.9. The zero-order valence-corrected chi connectivity index (χ0v) is 15.4. The van der Waals surface area contributed by atoms with Crippen LogP contribution in [-0.4, -0.2) is 17.6 Å².